The SMILES string of the molecule is CCC(CN)C1(O)CCSCC1. The first kappa shape index (κ1) is 10.4. The molecule has 0 aromatic rings. The van der Waals surface area contributed by atoms with E-state index < -0.39 is 5.60 Å². The topological polar surface area (TPSA) is 46.2 Å². The largest absolute Gasteiger partial charge is 0.389 e. The van der Waals surface area contributed by atoms with E-state index >= 15 is 0 Å². The van der Waals surface area contributed by atoms with E-state index in [1.807, 2.05) is 11.8 Å². The second-order valence-electron chi connectivity index (χ2n) is 3.56. The van der Waals surface area contributed by atoms with Crippen LogP contribution in [0.25, 0.3) is 0 Å². The Labute approximate surface area is 78.9 Å². The molecule has 12 heavy (non-hydrogen) atoms. The summed E-state index contributed by atoms with van der Waals surface area (Å²) >= 11 is 1.93. The Hall–Kier alpha value is 0.270. The van der Waals surface area contributed by atoms with Gasteiger partial charge >= 0.3 is 0 Å². The fraction of sp³-hybridized carbons (Fsp3) is 1.00. The van der Waals surface area contributed by atoms with Gasteiger partial charge in [-0.2, -0.15) is 11.8 Å². The fourth-order valence-electron chi connectivity index (χ4n) is 1.90. The molecule has 1 aliphatic heterocycles. The van der Waals surface area contributed by atoms with Crippen molar-refractivity contribution in [2.75, 3.05) is 18.1 Å². The molecule has 2 nitrogen and oxygen atoms in total. The lowest BCUT2D eigenvalue weighted by atomic mass is 9.81. The third-order valence-corrected chi connectivity index (χ3v) is 3.88. The van der Waals surface area contributed by atoms with Crippen molar-refractivity contribution in [2.45, 2.75) is 31.8 Å². The maximum atomic E-state index is 10.2. The van der Waals surface area contributed by atoms with Gasteiger partial charge in [0, 0.05) is 0 Å². The highest BCUT2D eigenvalue weighted by Crippen LogP contribution is 2.34. The van der Waals surface area contributed by atoms with Gasteiger partial charge in [0.1, 0.15) is 0 Å². The van der Waals surface area contributed by atoms with Crippen LogP contribution < -0.4 is 5.73 Å². The maximum absolute atomic E-state index is 10.2. The Bertz CT molecular complexity index is 130. The minimum absolute atomic E-state index is 0.304. The molecular weight excluding hydrogens is 170 g/mol. The molecule has 0 amide bonds. The first-order valence-corrected chi connectivity index (χ1v) is 5.88. The van der Waals surface area contributed by atoms with Gasteiger partial charge in [-0.25, -0.2) is 0 Å². The summed E-state index contributed by atoms with van der Waals surface area (Å²) in [4.78, 5) is 0. The molecule has 1 fully saturated rings. The van der Waals surface area contributed by atoms with Gasteiger partial charge in [-0.15, -0.1) is 0 Å². The van der Waals surface area contributed by atoms with Crippen molar-refractivity contribution in [2.24, 2.45) is 11.7 Å². The zero-order chi connectivity index (χ0) is 9.03. The summed E-state index contributed by atoms with van der Waals surface area (Å²) in [6, 6.07) is 0. The predicted molar refractivity (Wildman–Crippen MR) is 54.3 cm³/mol. The molecule has 1 heterocycles. The molecule has 1 atom stereocenters. The van der Waals surface area contributed by atoms with Gasteiger partial charge in [0.25, 0.3) is 0 Å². The van der Waals surface area contributed by atoms with Crippen molar-refractivity contribution in [1.82, 2.24) is 0 Å². The summed E-state index contributed by atoms with van der Waals surface area (Å²) in [5.74, 6) is 2.48. The van der Waals surface area contributed by atoms with Crippen LogP contribution in [0.15, 0.2) is 0 Å². The Morgan fingerprint density at radius 2 is 2.08 bits per heavy atom. The van der Waals surface area contributed by atoms with Gasteiger partial charge in [0.05, 0.1) is 5.60 Å². The Morgan fingerprint density at radius 1 is 1.50 bits per heavy atom. The minimum Gasteiger partial charge on any atom is -0.389 e. The summed E-state index contributed by atoms with van der Waals surface area (Å²) in [7, 11) is 0. The zero-order valence-corrected chi connectivity index (χ0v) is 8.57. The van der Waals surface area contributed by atoms with Gasteiger partial charge in [0.2, 0.25) is 0 Å². The van der Waals surface area contributed by atoms with Crippen LogP contribution in [0.2, 0.25) is 0 Å². The van der Waals surface area contributed by atoms with Crippen LogP contribution in [0, 0.1) is 5.92 Å². The number of hydrogen-bond acceptors (Lipinski definition) is 3. The van der Waals surface area contributed by atoms with E-state index in [1.165, 1.54) is 0 Å². The van der Waals surface area contributed by atoms with Crippen LogP contribution in [0.5, 0.6) is 0 Å². The second-order valence-corrected chi connectivity index (χ2v) is 4.78. The molecule has 0 saturated carbocycles. The molecule has 0 aliphatic carbocycles. The summed E-state index contributed by atoms with van der Waals surface area (Å²) in [5.41, 5.74) is 5.18. The molecule has 1 aliphatic rings. The normalized spacial score (nSPS) is 25.2. The molecule has 0 radical (unpaired) electrons. The Kier molecular flexibility index (Phi) is 3.87. The van der Waals surface area contributed by atoms with E-state index in [2.05, 4.69) is 6.92 Å². The van der Waals surface area contributed by atoms with E-state index in [0.29, 0.717) is 12.5 Å². The molecule has 3 N–H and O–H groups in total. The third-order valence-electron chi connectivity index (χ3n) is 2.90. The van der Waals surface area contributed by atoms with Crippen molar-refractivity contribution in [3.63, 3.8) is 0 Å². The Morgan fingerprint density at radius 3 is 2.50 bits per heavy atom. The van der Waals surface area contributed by atoms with Crippen LogP contribution in [0.4, 0.5) is 0 Å². The van der Waals surface area contributed by atoms with Gasteiger partial charge in [0.15, 0.2) is 0 Å². The summed E-state index contributed by atoms with van der Waals surface area (Å²) < 4.78 is 0. The highest BCUT2D eigenvalue weighted by molar-refractivity contribution is 7.99. The van der Waals surface area contributed by atoms with Gasteiger partial charge in [-0.1, -0.05) is 6.92 Å². The van der Waals surface area contributed by atoms with Crippen molar-refractivity contribution >= 4 is 11.8 Å². The standard InChI is InChI=1S/C9H19NOS/c1-2-8(7-10)9(11)3-5-12-6-4-9/h8,11H,2-7,10H2,1H3. The zero-order valence-electron chi connectivity index (χ0n) is 7.75. The molecule has 0 bridgehead atoms. The third kappa shape index (κ3) is 2.15. The monoisotopic (exact) mass is 189 g/mol. The quantitative estimate of drug-likeness (QED) is 0.702. The number of aliphatic hydroxyl groups is 1. The van der Waals surface area contributed by atoms with Crippen molar-refractivity contribution in [3.05, 3.63) is 0 Å². The molecule has 3 heteroatoms. The summed E-state index contributed by atoms with van der Waals surface area (Å²) in [5, 5.41) is 10.2. The van der Waals surface area contributed by atoms with E-state index in [-0.39, 0.29) is 0 Å². The van der Waals surface area contributed by atoms with Crippen LogP contribution in [-0.2, 0) is 0 Å². The van der Waals surface area contributed by atoms with Crippen molar-refractivity contribution < 1.29 is 5.11 Å². The smallest absolute Gasteiger partial charge is 0.0703 e. The molecule has 0 aromatic carbocycles. The highest BCUT2D eigenvalue weighted by Gasteiger charge is 2.35. The van der Waals surface area contributed by atoms with Crippen molar-refractivity contribution in [3.8, 4) is 0 Å². The summed E-state index contributed by atoms with van der Waals surface area (Å²) in [6.07, 6.45) is 2.85. The molecule has 0 spiro atoms. The summed E-state index contributed by atoms with van der Waals surface area (Å²) in [6.45, 7) is 2.73. The number of thioether (sulfide) groups is 1. The second kappa shape index (κ2) is 4.49. The molecule has 1 saturated heterocycles. The maximum Gasteiger partial charge on any atom is 0.0703 e. The lowest BCUT2D eigenvalue weighted by Crippen LogP contribution is -2.44. The van der Waals surface area contributed by atoms with E-state index in [1.54, 1.807) is 0 Å². The van der Waals surface area contributed by atoms with Crippen LogP contribution in [0.1, 0.15) is 26.2 Å². The molecular formula is C9H19NOS. The first-order chi connectivity index (χ1) is 5.73. The van der Waals surface area contributed by atoms with E-state index in [4.69, 9.17) is 5.73 Å². The highest BCUT2D eigenvalue weighted by atomic mass is 32.2. The van der Waals surface area contributed by atoms with Crippen LogP contribution in [0.3, 0.4) is 0 Å². The number of rotatable bonds is 3. The molecule has 0 aromatic heterocycles. The lowest BCUT2D eigenvalue weighted by Gasteiger charge is -2.38. The van der Waals surface area contributed by atoms with Crippen LogP contribution in [-0.4, -0.2) is 28.8 Å². The predicted octanol–water partition coefficient (Wildman–Crippen LogP) is 1.23. The first-order valence-electron chi connectivity index (χ1n) is 4.73. The fourth-order valence-corrected chi connectivity index (χ4v) is 3.10. The van der Waals surface area contributed by atoms with Gasteiger partial charge in [-0.05, 0) is 43.2 Å². The average Bonchev–Trinajstić information content (AvgIpc) is 2.07. The lowest BCUT2D eigenvalue weighted by molar-refractivity contribution is -0.0241. The molecule has 1 rings (SSSR count). The Balaban J connectivity index is 2.53. The van der Waals surface area contributed by atoms with E-state index in [9.17, 15) is 5.11 Å². The molecule has 72 valence electrons. The number of hydrogen-bond donors (Lipinski definition) is 2. The van der Waals surface area contributed by atoms with Gasteiger partial charge in [-0.3, -0.25) is 0 Å². The van der Waals surface area contributed by atoms with Crippen LogP contribution >= 0.6 is 11.8 Å². The molecule has 1 unspecified atom stereocenters. The average molecular weight is 189 g/mol. The van der Waals surface area contributed by atoms with E-state index in [0.717, 1.165) is 30.8 Å². The van der Waals surface area contributed by atoms with Gasteiger partial charge < -0.3 is 10.8 Å². The van der Waals surface area contributed by atoms with Crippen molar-refractivity contribution in [1.29, 1.82) is 0 Å². The minimum atomic E-state index is -0.450. The number of nitrogens with two attached hydrogens (primary N) is 1.